The van der Waals surface area contributed by atoms with Gasteiger partial charge in [0, 0.05) is 22.8 Å². The highest BCUT2D eigenvalue weighted by atomic mass is 35.5. The molecule has 0 atom stereocenters. The van der Waals surface area contributed by atoms with Gasteiger partial charge in [-0.25, -0.2) is 0 Å². The van der Waals surface area contributed by atoms with Crippen LogP contribution in [-0.2, 0) is 16.1 Å². The first-order valence-electron chi connectivity index (χ1n) is 8.45. The zero-order valence-corrected chi connectivity index (χ0v) is 15.5. The summed E-state index contributed by atoms with van der Waals surface area (Å²) in [6, 6.07) is 12.8. The fraction of sp³-hybridized carbons (Fsp3) is 0.300. The van der Waals surface area contributed by atoms with Gasteiger partial charge in [-0.3, -0.25) is 9.59 Å². The lowest BCUT2D eigenvalue weighted by molar-refractivity contribution is -0.134. The van der Waals surface area contributed by atoms with E-state index in [2.05, 4.69) is 10.6 Å². The SMILES string of the molecule is COc1ccccc1CNC(=O)C1(C(=O)Nc2cccc(Cl)c2C)CC1. The summed E-state index contributed by atoms with van der Waals surface area (Å²) < 4.78 is 5.29. The summed E-state index contributed by atoms with van der Waals surface area (Å²) in [5.74, 6) is 0.151. The normalized spacial score (nSPS) is 14.4. The number of carbonyl (C=O) groups excluding carboxylic acids is 2. The number of ether oxygens (including phenoxy) is 1. The molecule has 0 spiro atoms. The van der Waals surface area contributed by atoms with Gasteiger partial charge in [0.05, 0.1) is 7.11 Å². The number of rotatable bonds is 6. The number of anilines is 1. The maximum Gasteiger partial charge on any atom is 0.240 e. The van der Waals surface area contributed by atoms with Crippen LogP contribution in [0.4, 0.5) is 5.69 Å². The molecule has 1 saturated carbocycles. The first kappa shape index (κ1) is 18.3. The molecule has 0 unspecified atom stereocenters. The number of methoxy groups -OCH3 is 1. The van der Waals surface area contributed by atoms with Crippen molar-refractivity contribution in [2.24, 2.45) is 5.41 Å². The standard InChI is InChI=1S/C20H21ClN2O3/c1-13-15(21)7-5-8-16(13)23-19(25)20(10-11-20)18(24)22-12-14-6-3-4-9-17(14)26-2/h3-9H,10-12H2,1-2H3,(H,22,24)(H,23,25). The van der Waals surface area contributed by atoms with Crippen molar-refractivity contribution in [3.05, 3.63) is 58.6 Å². The number of carbonyl (C=O) groups is 2. The molecule has 26 heavy (non-hydrogen) atoms. The largest absolute Gasteiger partial charge is 0.496 e. The Morgan fingerprint density at radius 2 is 1.85 bits per heavy atom. The molecule has 3 rings (SSSR count). The molecule has 1 aliphatic rings. The second kappa shape index (κ2) is 7.38. The molecule has 0 saturated heterocycles. The van der Waals surface area contributed by atoms with Gasteiger partial charge in [-0.15, -0.1) is 0 Å². The van der Waals surface area contributed by atoms with Gasteiger partial charge < -0.3 is 15.4 Å². The number of amides is 2. The van der Waals surface area contributed by atoms with E-state index < -0.39 is 5.41 Å². The molecule has 0 bridgehead atoms. The van der Waals surface area contributed by atoms with E-state index in [9.17, 15) is 9.59 Å². The Morgan fingerprint density at radius 1 is 1.12 bits per heavy atom. The number of nitrogens with one attached hydrogen (secondary N) is 2. The van der Waals surface area contributed by atoms with Crippen LogP contribution in [0.2, 0.25) is 5.02 Å². The molecule has 0 radical (unpaired) electrons. The molecule has 1 fully saturated rings. The Balaban J connectivity index is 1.67. The fourth-order valence-electron chi connectivity index (χ4n) is 2.86. The first-order valence-corrected chi connectivity index (χ1v) is 8.82. The minimum atomic E-state index is -1.00. The predicted molar refractivity (Wildman–Crippen MR) is 101 cm³/mol. The monoisotopic (exact) mass is 372 g/mol. The van der Waals surface area contributed by atoms with Crippen LogP contribution in [0.5, 0.6) is 5.75 Å². The first-order chi connectivity index (χ1) is 12.5. The summed E-state index contributed by atoms with van der Waals surface area (Å²) in [4.78, 5) is 25.3. The molecule has 0 aliphatic heterocycles. The number of hydrogen-bond donors (Lipinski definition) is 2. The number of para-hydroxylation sites is 1. The summed E-state index contributed by atoms with van der Waals surface area (Å²) in [5.41, 5.74) is 1.28. The molecule has 1 aliphatic carbocycles. The Kier molecular flexibility index (Phi) is 5.18. The molecule has 6 heteroatoms. The molecule has 2 aromatic rings. The van der Waals surface area contributed by atoms with Crippen molar-refractivity contribution in [1.82, 2.24) is 5.32 Å². The molecule has 0 aromatic heterocycles. The number of benzene rings is 2. The van der Waals surface area contributed by atoms with Crippen LogP contribution in [0, 0.1) is 12.3 Å². The third-order valence-electron chi connectivity index (χ3n) is 4.77. The van der Waals surface area contributed by atoms with Crippen molar-refractivity contribution >= 4 is 29.1 Å². The van der Waals surface area contributed by atoms with E-state index in [-0.39, 0.29) is 11.8 Å². The summed E-state index contributed by atoms with van der Waals surface area (Å²) in [5, 5.41) is 6.29. The van der Waals surface area contributed by atoms with Crippen LogP contribution in [0.3, 0.4) is 0 Å². The lowest BCUT2D eigenvalue weighted by atomic mass is 10.0. The van der Waals surface area contributed by atoms with Crippen LogP contribution in [0.1, 0.15) is 24.0 Å². The van der Waals surface area contributed by atoms with Gasteiger partial charge in [0.25, 0.3) is 0 Å². The van der Waals surface area contributed by atoms with Gasteiger partial charge in [0.15, 0.2) is 0 Å². The van der Waals surface area contributed by atoms with Crippen molar-refractivity contribution < 1.29 is 14.3 Å². The van der Waals surface area contributed by atoms with E-state index in [1.54, 1.807) is 25.3 Å². The molecule has 2 aromatic carbocycles. The molecule has 2 amide bonds. The molecule has 5 nitrogen and oxygen atoms in total. The van der Waals surface area contributed by atoms with Crippen molar-refractivity contribution in [2.75, 3.05) is 12.4 Å². The lowest BCUT2D eigenvalue weighted by Crippen LogP contribution is -2.39. The van der Waals surface area contributed by atoms with Crippen LogP contribution < -0.4 is 15.4 Å². The van der Waals surface area contributed by atoms with E-state index in [1.807, 2.05) is 31.2 Å². The number of hydrogen-bond acceptors (Lipinski definition) is 3. The maximum atomic E-state index is 12.7. The van der Waals surface area contributed by atoms with Gasteiger partial charge in [-0.1, -0.05) is 35.9 Å². The molecule has 0 heterocycles. The zero-order valence-electron chi connectivity index (χ0n) is 14.8. The maximum absolute atomic E-state index is 12.7. The van der Waals surface area contributed by atoms with Crippen LogP contribution in [-0.4, -0.2) is 18.9 Å². The van der Waals surface area contributed by atoms with Crippen molar-refractivity contribution in [3.8, 4) is 5.75 Å². The average molecular weight is 373 g/mol. The van der Waals surface area contributed by atoms with Crippen LogP contribution >= 0.6 is 11.6 Å². The Hall–Kier alpha value is -2.53. The second-order valence-corrected chi connectivity index (χ2v) is 6.85. The molecular weight excluding hydrogens is 352 g/mol. The van der Waals surface area contributed by atoms with Gasteiger partial charge in [-0.05, 0) is 43.5 Å². The third-order valence-corrected chi connectivity index (χ3v) is 5.18. The highest BCUT2D eigenvalue weighted by molar-refractivity contribution is 6.31. The summed E-state index contributed by atoms with van der Waals surface area (Å²) >= 11 is 6.09. The molecule has 136 valence electrons. The second-order valence-electron chi connectivity index (χ2n) is 6.44. The highest BCUT2D eigenvalue weighted by Crippen LogP contribution is 2.47. The topological polar surface area (TPSA) is 67.4 Å². The van der Waals surface area contributed by atoms with Gasteiger partial charge in [0.1, 0.15) is 11.2 Å². The summed E-state index contributed by atoms with van der Waals surface area (Å²) in [6.45, 7) is 2.15. The minimum absolute atomic E-state index is 0.263. The summed E-state index contributed by atoms with van der Waals surface area (Å²) in [7, 11) is 1.59. The van der Waals surface area contributed by atoms with Gasteiger partial charge in [-0.2, -0.15) is 0 Å². The highest BCUT2D eigenvalue weighted by Gasteiger charge is 2.56. The van der Waals surface area contributed by atoms with Gasteiger partial charge >= 0.3 is 0 Å². The van der Waals surface area contributed by atoms with E-state index in [1.165, 1.54) is 0 Å². The van der Waals surface area contributed by atoms with Crippen molar-refractivity contribution in [2.45, 2.75) is 26.3 Å². The van der Waals surface area contributed by atoms with Crippen molar-refractivity contribution in [3.63, 3.8) is 0 Å². The lowest BCUT2D eigenvalue weighted by Gasteiger charge is -2.17. The van der Waals surface area contributed by atoms with E-state index >= 15 is 0 Å². The quantitative estimate of drug-likeness (QED) is 0.760. The van der Waals surface area contributed by atoms with E-state index in [4.69, 9.17) is 16.3 Å². The van der Waals surface area contributed by atoms with E-state index in [0.29, 0.717) is 35.8 Å². The van der Waals surface area contributed by atoms with Crippen LogP contribution in [0.25, 0.3) is 0 Å². The van der Waals surface area contributed by atoms with E-state index in [0.717, 1.165) is 11.1 Å². The Labute approximate surface area is 157 Å². The summed E-state index contributed by atoms with van der Waals surface area (Å²) in [6.07, 6.45) is 1.08. The average Bonchev–Trinajstić information content (AvgIpc) is 3.46. The zero-order chi connectivity index (χ0) is 18.7. The van der Waals surface area contributed by atoms with Gasteiger partial charge in [0.2, 0.25) is 11.8 Å². The molecular formula is C20H21ClN2O3. The van der Waals surface area contributed by atoms with Crippen molar-refractivity contribution in [1.29, 1.82) is 0 Å². The predicted octanol–water partition coefficient (Wildman–Crippen LogP) is 3.69. The fourth-order valence-corrected chi connectivity index (χ4v) is 3.04. The van der Waals surface area contributed by atoms with Crippen LogP contribution in [0.15, 0.2) is 42.5 Å². The third kappa shape index (κ3) is 3.53. The Bertz CT molecular complexity index is 847. The minimum Gasteiger partial charge on any atom is -0.496 e. The number of halogens is 1. The Morgan fingerprint density at radius 3 is 2.54 bits per heavy atom. The molecule has 2 N–H and O–H groups in total. The smallest absolute Gasteiger partial charge is 0.240 e.